The lowest BCUT2D eigenvalue weighted by Crippen LogP contribution is -2.26. The van der Waals surface area contributed by atoms with Crippen LogP contribution in [-0.2, 0) is 11.3 Å². The summed E-state index contributed by atoms with van der Waals surface area (Å²) in [5.74, 6) is 1.35. The molecule has 1 amide bonds. The van der Waals surface area contributed by atoms with Gasteiger partial charge in [0.25, 0.3) is 5.91 Å². The molecule has 1 heterocycles. The van der Waals surface area contributed by atoms with E-state index in [2.05, 4.69) is 23.7 Å². The zero-order chi connectivity index (χ0) is 27.4. The molecule has 1 aromatic heterocycles. The molecule has 0 fully saturated rings. The van der Waals surface area contributed by atoms with E-state index in [0.29, 0.717) is 17.9 Å². The van der Waals surface area contributed by atoms with Crippen LogP contribution in [0, 0.1) is 13.8 Å². The standard InChI is InChI=1S/C32H36N2O4/c1-20(2)37-29-12-8-10-26(16-29)23(5)33-32(36)27-13-14-31-30(17-27)22(4)24(6)34(31)18-25-9-7-11-28(15-25)38-21(3)19-35/h7-17,19-21,23H,18H2,1-6H3,(H,33,36)/t21-,23-/m0/s1. The van der Waals surface area contributed by atoms with E-state index in [1.807, 2.05) is 87.5 Å². The highest BCUT2D eigenvalue weighted by Gasteiger charge is 2.17. The molecule has 198 valence electrons. The highest BCUT2D eigenvalue weighted by Crippen LogP contribution is 2.28. The van der Waals surface area contributed by atoms with Crippen molar-refractivity contribution < 1.29 is 19.1 Å². The smallest absolute Gasteiger partial charge is 0.251 e. The molecule has 3 aromatic carbocycles. The van der Waals surface area contributed by atoms with Crippen LogP contribution >= 0.6 is 0 Å². The minimum Gasteiger partial charge on any atom is -0.491 e. The highest BCUT2D eigenvalue weighted by atomic mass is 16.5. The first kappa shape index (κ1) is 27.0. The fourth-order valence-corrected chi connectivity index (χ4v) is 4.63. The molecule has 0 bridgehead atoms. The topological polar surface area (TPSA) is 69.6 Å². The van der Waals surface area contributed by atoms with Crippen LogP contribution in [0.2, 0.25) is 0 Å². The maximum atomic E-state index is 13.2. The van der Waals surface area contributed by atoms with Gasteiger partial charge in [-0.15, -0.1) is 0 Å². The van der Waals surface area contributed by atoms with Crippen LogP contribution in [0.5, 0.6) is 11.5 Å². The quantitative estimate of drug-likeness (QED) is 0.245. The summed E-state index contributed by atoms with van der Waals surface area (Å²) < 4.78 is 13.7. The molecule has 0 unspecified atom stereocenters. The molecule has 0 spiro atoms. The molecule has 0 saturated carbocycles. The number of fused-ring (bicyclic) bond motifs is 1. The van der Waals surface area contributed by atoms with Crippen LogP contribution in [0.25, 0.3) is 10.9 Å². The Labute approximate surface area is 224 Å². The van der Waals surface area contributed by atoms with E-state index in [1.165, 1.54) is 0 Å². The van der Waals surface area contributed by atoms with Gasteiger partial charge < -0.3 is 19.4 Å². The van der Waals surface area contributed by atoms with Crippen LogP contribution in [0.15, 0.2) is 66.7 Å². The summed E-state index contributed by atoms with van der Waals surface area (Å²) in [5, 5.41) is 4.18. The molecule has 0 aliphatic rings. The molecule has 38 heavy (non-hydrogen) atoms. The van der Waals surface area contributed by atoms with Gasteiger partial charge in [0.15, 0.2) is 12.4 Å². The number of nitrogens with zero attached hydrogens (tertiary/aromatic N) is 1. The third-order valence-corrected chi connectivity index (χ3v) is 6.73. The van der Waals surface area contributed by atoms with Gasteiger partial charge in [-0.3, -0.25) is 9.59 Å². The van der Waals surface area contributed by atoms with Gasteiger partial charge >= 0.3 is 0 Å². The summed E-state index contributed by atoms with van der Waals surface area (Å²) in [4.78, 5) is 24.2. The van der Waals surface area contributed by atoms with Gasteiger partial charge in [-0.2, -0.15) is 0 Å². The van der Waals surface area contributed by atoms with E-state index >= 15 is 0 Å². The lowest BCUT2D eigenvalue weighted by molar-refractivity contribution is -0.113. The zero-order valence-electron chi connectivity index (χ0n) is 22.9. The Hall–Kier alpha value is -4.06. The second-order valence-corrected chi connectivity index (χ2v) is 10.1. The number of nitrogens with one attached hydrogen (secondary N) is 1. The maximum Gasteiger partial charge on any atom is 0.251 e. The average Bonchev–Trinajstić information content (AvgIpc) is 3.12. The first-order valence-electron chi connectivity index (χ1n) is 13.0. The van der Waals surface area contributed by atoms with Gasteiger partial charge in [-0.05, 0) is 101 Å². The van der Waals surface area contributed by atoms with Crippen molar-refractivity contribution in [3.05, 3.63) is 94.7 Å². The summed E-state index contributed by atoms with van der Waals surface area (Å²) in [6.45, 7) is 12.5. The lowest BCUT2D eigenvalue weighted by Gasteiger charge is -2.17. The van der Waals surface area contributed by atoms with Gasteiger partial charge in [0.05, 0.1) is 12.1 Å². The molecule has 0 aliphatic carbocycles. The predicted octanol–water partition coefficient (Wildman–Crippen LogP) is 6.55. The van der Waals surface area contributed by atoms with Crippen molar-refractivity contribution in [1.82, 2.24) is 9.88 Å². The number of aryl methyl sites for hydroxylation is 1. The van der Waals surface area contributed by atoms with Gasteiger partial charge in [0.2, 0.25) is 0 Å². The van der Waals surface area contributed by atoms with Crippen LogP contribution in [0.1, 0.15) is 66.5 Å². The fraction of sp³-hybridized carbons (Fsp3) is 0.312. The first-order valence-corrected chi connectivity index (χ1v) is 13.0. The minimum absolute atomic E-state index is 0.0873. The molecule has 4 aromatic rings. The van der Waals surface area contributed by atoms with Crippen molar-refractivity contribution in [1.29, 1.82) is 0 Å². The Bertz CT molecular complexity index is 1450. The zero-order valence-corrected chi connectivity index (χ0v) is 22.9. The van der Waals surface area contributed by atoms with Crippen LogP contribution < -0.4 is 14.8 Å². The molecule has 4 rings (SSSR count). The van der Waals surface area contributed by atoms with Crippen molar-refractivity contribution in [2.75, 3.05) is 0 Å². The second-order valence-electron chi connectivity index (χ2n) is 10.1. The number of hydrogen-bond acceptors (Lipinski definition) is 4. The normalized spacial score (nSPS) is 12.8. The number of aromatic nitrogens is 1. The number of hydrogen-bond donors (Lipinski definition) is 1. The minimum atomic E-state index is -0.494. The molecule has 0 saturated heterocycles. The van der Waals surface area contributed by atoms with Crippen LogP contribution in [0.4, 0.5) is 0 Å². The van der Waals surface area contributed by atoms with Crippen molar-refractivity contribution in [3.63, 3.8) is 0 Å². The number of carbonyl (C=O) groups excluding carboxylic acids is 2. The summed E-state index contributed by atoms with van der Waals surface area (Å²) in [7, 11) is 0. The van der Waals surface area contributed by atoms with Gasteiger partial charge in [0.1, 0.15) is 11.5 Å². The molecule has 6 nitrogen and oxygen atoms in total. The van der Waals surface area contributed by atoms with Gasteiger partial charge in [0, 0.05) is 28.7 Å². The van der Waals surface area contributed by atoms with Crippen LogP contribution in [-0.4, -0.2) is 29.0 Å². The van der Waals surface area contributed by atoms with E-state index in [4.69, 9.17) is 9.47 Å². The maximum absolute atomic E-state index is 13.2. The number of ether oxygens (including phenoxy) is 2. The third-order valence-electron chi connectivity index (χ3n) is 6.73. The van der Waals surface area contributed by atoms with Crippen molar-refractivity contribution in [2.24, 2.45) is 0 Å². The molecule has 0 radical (unpaired) electrons. The Balaban J connectivity index is 1.55. The molecular formula is C32H36N2O4. The van der Waals surface area contributed by atoms with E-state index in [0.717, 1.165) is 45.3 Å². The number of benzene rings is 3. The Morgan fingerprint density at radius 3 is 2.34 bits per heavy atom. The molecule has 1 N–H and O–H groups in total. The van der Waals surface area contributed by atoms with Crippen molar-refractivity contribution >= 4 is 23.1 Å². The summed E-state index contributed by atoms with van der Waals surface area (Å²) >= 11 is 0. The fourth-order valence-electron chi connectivity index (χ4n) is 4.63. The molecular weight excluding hydrogens is 476 g/mol. The van der Waals surface area contributed by atoms with E-state index in [-0.39, 0.29) is 18.1 Å². The molecule has 0 aliphatic heterocycles. The van der Waals surface area contributed by atoms with E-state index in [9.17, 15) is 9.59 Å². The summed E-state index contributed by atoms with van der Waals surface area (Å²) in [6, 6.07) is 21.3. The summed E-state index contributed by atoms with van der Waals surface area (Å²) in [6.07, 6.45) is 0.377. The largest absolute Gasteiger partial charge is 0.491 e. The number of carbonyl (C=O) groups is 2. The van der Waals surface area contributed by atoms with E-state index < -0.39 is 6.10 Å². The Morgan fingerprint density at radius 2 is 1.63 bits per heavy atom. The Morgan fingerprint density at radius 1 is 0.921 bits per heavy atom. The van der Waals surface area contributed by atoms with Gasteiger partial charge in [-0.25, -0.2) is 0 Å². The predicted molar refractivity (Wildman–Crippen MR) is 151 cm³/mol. The Kier molecular flexibility index (Phi) is 8.20. The van der Waals surface area contributed by atoms with Gasteiger partial charge in [-0.1, -0.05) is 24.3 Å². The van der Waals surface area contributed by atoms with Crippen molar-refractivity contribution in [2.45, 2.75) is 66.3 Å². The molecule has 6 heteroatoms. The number of rotatable bonds is 10. The lowest BCUT2D eigenvalue weighted by atomic mass is 10.1. The monoisotopic (exact) mass is 512 g/mol. The first-order chi connectivity index (χ1) is 18.2. The van der Waals surface area contributed by atoms with Crippen molar-refractivity contribution in [3.8, 4) is 11.5 Å². The van der Waals surface area contributed by atoms with Crippen LogP contribution in [0.3, 0.4) is 0 Å². The average molecular weight is 513 g/mol. The number of aldehydes is 1. The number of amides is 1. The SMILES string of the molecule is Cc1c(C)n(Cc2cccc(O[C@@H](C)C=O)c2)c2ccc(C(=O)N[C@@H](C)c3cccc(OC(C)C)c3)cc12. The third kappa shape index (κ3) is 6.08. The molecule has 2 atom stereocenters. The summed E-state index contributed by atoms with van der Waals surface area (Å²) in [5.41, 5.74) is 6.03. The van der Waals surface area contributed by atoms with E-state index in [1.54, 1.807) is 6.92 Å². The highest BCUT2D eigenvalue weighted by molar-refractivity contribution is 5.99. The second kappa shape index (κ2) is 11.5.